The first-order chi connectivity index (χ1) is 19.8. The van der Waals surface area contributed by atoms with Gasteiger partial charge in [-0.3, -0.25) is 9.36 Å². The summed E-state index contributed by atoms with van der Waals surface area (Å²) in [5, 5.41) is 0. The van der Waals surface area contributed by atoms with Crippen LogP contribution in [0.1, 0.15) is 31.2 Å². The molecule has 218 valence electrons. The molecular formula is C29H34N4O7S. The topological polar surface area (TPSA) is 108 Å². The number of carbonyl (C=O) groups excluding carboxylic acids is 1. The van der Waals surface area contributed by atoms with Crippen molar-refractivity contribution >= 4 is 29.3 Å². The van der Waals surface area contributed by atoms with Crippen molar-refractivity contribution in [3.8, 4) is 17.2 Å². The number of furan rings is 1. The van der Waals surface area contributed by atoms with Crippen molar-refractivity contribution in [1.82, 2.24) is 9.47 Å². The van der Waals surface area contributed by atoms with Gasteiger partial charge in [-0.05, 0) is 44.7 Å². The molecule has 41 heavy (non-hydrogen) atoms. The highest BCUT2D eigenvalue weighted by atomic mass is 32.1. The normalized spacial score (nSPS) is 17.8. The number of esters is 1. The largest absolute Gasteiger partial charge is 0.493 e. The molecule has 1 fully saturated rings. The summed E-state index contributed by atoms with van der Waals surface area (Å²) in [6.07, 6.45) is 1.72. The SMILES string of the molecule is CCOC(=O)C1=C(C)N=c2sc(=Cc3ccc(N4CCN(C)CC4)o3)c(=O)n2[C@H]1c1cc(OC)c(OC)c(OC)c1. The van der Waals surface area contributed by atoms with Crippen LogP contribution < -0.4 is 34.0 Å². The van der Waals surface area contributed by atoms with Crippen LogP contribution in [0.5, 0.6) is 17.2 Å². The zero-order valence-electron chi connectivity index (χ0n) is 24.1. The maximum Gasteiger partial charge on any atom is 0.338 e. The molecule has 5 rings (SSSR count). The molecule has 0 amide bonds. The van der Waals surface area contributed by atoms with E-state index in [9.17, 15) is 9.59 Å². The van der Waals surface area contributed by atoms with Crippen LogP contribution in [0.25, 0.3) is 6.08 Å². The molecule has 0 spiro atoms. The maximum absolute atomic E-state index is 14.0. The molecule has 0 N–H and O–H groups in total. The summed E-state index contributed by atoms with van der Waals surface area (Å²) in [6, 6.07) is 6.42. The van der Waals surface area contributed by atoms with Gasteiger partial charge in [0.15, 0.2) is 22.2 Å². The number of thiazole rings is 1. The van der Waals surface area contributed by atoms with E-state index in [1.54, 1.807) is 32.1 Å². The number of methoxy groups -OCH3 is 3. The smallest absolute Gasteiger partial charge is 0.338 e. The van der Waals surface area contributed by atoms with Gasteiger partial charge in [-0.2, -0.15) is 0 Å². The highest BCUT2D eigenvalue weighted by Crippen LogP contribution is 2.42. The molecule has 0 bridgehead atoms. The molecule has 11 nitrogen and oxygen atoms in total. The summed E-state index contributed by atoms with van der Waals surface area (Å²) in [6.45, 7) is 7.30. The summed E-state index contributed by atoms with van der Waals surface area (Å²) in [4.78, 5) is 36.8. The number of aromatic nitrogens is 1. The Bertz CT molecular complexity index is 1640. The van der Waals surface area contributed by atoms with Gasteiger partial charge < -0.3 is 33.2 Å². The van der Waals surface area contributed by atoms with E-state index in [-0.39, 0.29) is 17.7 Å². The zero-order valence-corrected chi connectivity index (χ0v) is 24.9. The number of hydrogen-bond donors (Lipinski definition) is 0. The predicted molar refractivity (Wildman–Crippen MR) is 155 cm³/mol. The molecule has 1 saturated heterocycles. The molecule has 1 aromatic carbocycles. The molecule has 2 aromatic heterocycles. The first kappa shape index (κ1) is 28.5. The number of allylic oxidation sites excluding steroid dienone is 1. The minimum absolute atomic E-state index is 0.177. The summed E-state index contributed by atoms with van der Waals surface area (Å²) in [7, 11) is 6.64. The number of fused-ring (bicyclic) bond motifs is 1. The highest BCUT2D eigenvalue weighted by Gasteiger charge is 2.34. The van der Waals surface area contributed by atoms with Gasteiger partial charge in [-0.15, -0.1) is 0 Å². The van der Waals surface area contributed by atoms with Gasteiger partial charge in [0.05, 0.1) is 49.8 Å². The van der Waals surface area contributed by atoms with Crippen LogP contribution in [0, 0.1) is 0 Å². The third-order valence-electron chi connectivity index (χ3n) is 7.22. The summed E-state index contributed by atoms with van der Waals surface area (Å²) in [5.74, 6) is 1.98. The van der Waals surface area contributed by atoms with E-state index in [0.29, 0.717) is 43.6 Å². The van der Waals surface area contributed by atoms with Crippen LogP contribution in [-0.2, 0) is 9.53 Å². The zero-order chi connectivity index (χ0) is 29.3. The number of rotatable bonds is 8. The lowest BCUT2D eigenvalue weighted by atomic mass is 9.95. The number of likely N-dealkylation sites (N-methyl/N-ethyl adjacent to an activating group) is 1. The quantitative estimate of drug-likeness (QED) is 0.369. The molecule has 12 heteroatoms. The highest BCUT2D eigenvalue weighted by molar-refractivity contribution is 7.07. The monoisotopic (exact) mass is 582 g/mol. The van der Waals surface area contributed by atoms with Crippen molar-refractivity contribution in [2.24, 2.45) is 4.99 Å². The standard InChI is InChI=1S/C29H34N4O7S/c1-7-39-28(35)24-17(2)30-29-33(25(24)18-14-20(36-4)26(38-6)21(15-18)37-5)27(34)22(41-29)16-19-8-9-23(40-19)32-12-10-31(3)11-13-32/h8-9,14-16,25H,7,10-13H2,1-6H3/t25-/m0/s1. The molecular weight excluding hydrogens is 548 g/mol. The Balaban J connectivity index is 1.64. The van der Waals surface area contributed by atoms with Gasteiger partial charge in [-0.25, -0.2) is 9.79 Å². The molecule has 0 unspecified atom stereocenters. The molecule has 0 radical (unpaired) electrons. The first-order valence-electron chi connectivity index (χ1n) is 13.3. The number of piperazine rings is 1. The number of benzene rings is 1. The van der Waals surface area contributed by atoms with Gasteiger partial charge in [0, 0.05) is 38.3 Å². The minimum atomic E-state index is -0.835. The summed E-state index contributed by atoms with van der Waals surface area (Å²) >= 11 is 1.23. The molecule has 0 aliphatic carbocycles. The average Bonchev–Trinajstić information content (AvgIpc) is 3.56. The first-order valence-corrected chi connectivity index (χ1v) is 14.1. The fraction of sp³-hybridized carbons (Fsp3) is 0.414. The third-order valence-corrected chi connectivity index (χ3v) is 8.20. The summed E-state index contributed by atoms with van der Waals surface area (Å²) < 4.78 is 30.1. The second-order valence-corrected chi connectivity index (χ2v) is 10.7. The molecule has 2 aliphatic heterocycles. The average molecular weight is 583 g/mol. The number of carbonyl (C=O) groups is 1. The van der Waals surface area contributed by atoms with Gasteiger partial charge >= 0.3 is 5.97 Å². The fourth-order valence-corrected chi connectivity index (χ4v) is 6.14. The molecule has 4 heterocycles. The van der Waals surface area contributed by atoms with Crippen molar-refractivity contribution < 1.29 is 28.2 Å². The number of ether oxygens (including phenoxy) is 4. The van der Waals surface area contributed by atoms with Crippen LogP contribution in [0.15, 0.2) is 49.7 Å². The Morgan fingerprint density at radius 3 is 2.39 bits per heavy atom. The molecule has 0 saturated carbocycles. The third kappa shape index (κ3) is 5.36. The summed E-state index contributed by atoms with van der Waals surface area (Å²) in [5.41, 5.74) is 1.000. The van der Waals surface area contributed by atoms with E-state index in [1.807, 2.05) is 12.1 Å². The lowest BCUT2D eigenvalue weighted by Crippen LogP contribution is -2.44. The van der Waals surface area contributed by atoms with Crippen LogP contribution in [0.2, 0.25) is 0 Å². The number of anilines is 1. The van der Waals surface area contributed by atoms with E-state index < -0.39 is 12.0 Å². The number of nitrogens with zero attached hydrogens (tertiary/aromatic N) is 4. The Morgan fingerprint density at radius 1 is 1.10 bits per heavy atom. The van der Waals surface area contributed by atoms with Crippen molar-refractivity contribution in [2.75, 3.05) is 66.1 Å². The lowest BCUT2D eigenvalue weighted by molar-refractivity contribution is -0.139. The van der Waals surface area contributed by atoms with Crippen LogP contribution in [-0.4, -0.2) is 76.6 Å². The second-order valence-electron chi connectivity index (χ2n) is 9.73. The van der Waals surface area contributed by atoms with Crippen molar-refractivity contribution in [3.05, 3.63) is 66.5 Å². The predicted octanol–water partition coefficient (Wildman–Crippen LogP) is 2.17. The van der Waals surface area contributed by atoms with E-state index in [4.69, 9.17) is 23.4 Å². The Morgan fingerprint density at radius 2 is 1.78 bits per heavy atom. The van der Waals surface area contributed by atoms with Crippen molar-refractivity contribution in [2.45, 2.75) is 19.9 Å². The van der Waals surface area contributed by atoms with Crippen molar-refractivity contribution in [1.29, 1.82) is 0 Å². The van der Waals surface area contributed by atoms with Crippen LogP contribution in [0.4, 0.5) is 5.88 Å². The van der Waals surface area contributed by atoms with E-state index in [1.165, 1.54) is 37.2 Å². The molecule has 1 atom stereocenters. The van der Waals surface area contributed by atoms with E-state index in [2.05, 4.69) is 21.8 Å². The second kappa shape index (κ2) is 11.8. The maximum atomic E-state index is 14.0. The van der Waals surface area contributed by atoms with Gasteiger partial charge in [0.25, 0.3) is 5.56 Å². The number of hydrogen-bond acceptors (Lipinski definition) is 11. The lowest BCUT2D eigenvalue weighted by Gasteiger charge is -2.32. The van der Waals surface area contributed by atoms with E-state index in [0.717, 1.165) is 32.1 Å². The fourth-order valence-electron chi connectivity index (χ4n) is 5.11. The Kier molecular flexibility index (Phi) is 8.22. The van der Waals surface area contributed by atoms with Gasteiger partial charge in [-0.1, -0.05) is 11.3 Å². The van der Waals surface area contributed by atoms with E-state index >= 15 is 0 Å². The van der Waals surface area contributed by atoms with Gasteiger partial charge in [0.2, 0.25) is 5.75 Å². The van der Waals surface area contributed by atoms with Crippen LogP contribution >= 0.6 is 11.3 Å². The van der Waals surface area contributed by atoms with Crippen molar-refractivity contribution in [3.63, 3.8) is 0 Å². The van der Waals surface area contributed by atoms with Gasteiger partial charge in [0.1, 0.15) is 5.76 Å². The molecule has 3 aromatic rings. The Labute approximate surface area is 241 Å². The minimum Gasteiger partial charge on any atom is -0.493 e. The Hall–Kier alpha value is -4.03. The molecule has 2 aliphatic rings. The van der Waals surface area contributed by atoms with Crippen LogP contribution in [0.3, 0.4) is 0 Å².